The molecule has 2 atom stereocenters. The average molecular weight is 122 g/mol. The summed E-state index contributed by atoms with van der Waals surface area (Å²) in [4.78, 5) is 10.8. The molecular formula is C8H10O. The third-order valence-corrected chi connectivity index (χ3v) is 2.39. The number of Topliss-reactive ketones (excluding diaryl/α,β-unsaturated/α-hetero) is 1. The van der Waals surface area contributed by atoms with Crippen LogP contribution in [-0.4, -0.2) is 5.78 Å². The Labute approximate surface area is 54.8 Å². The Morgan fingerprint density at radius 2 is 2.44 bits per heavy atom. The van der Waals surface area contributed by atoms with Gasteiger partial charge >= 0.3 is 0 Å². The second-order valence-corrected chi connectivity index (χ2v) is 2.95. The van der Waals surface area contributed by atoms with Crippen molar-refractivity contribution >= 4 is 5.78 Å². The molecular weight excluding hydrogens is 112 g/mol. The summed E-state index contributed by atoms with van der Waals surface area (Å²) in [6, 6.07) is 0. The molecule has 0 radical (unpaired) electrons. The lowest BCUT2D eigenvalue weighted by molar-refractivity contribution is -0.132. The predicted molar refractivity (Wildman–Crippen MR) is 35.0 cm³/mol. The molecule has 0 amide bonds. The first-order chi connectivity index (χ1) is 4.38. The van der Waals surface area contributed by atoms with Crippen molar-refractivity contribution in [1.82, 2.24) is 0 Å². The van der Waals surface area contributed by atoms with Gasteiger partial charge in [0.05, 0.1) is 0 Å². The second-order valence-electron chi connectivity index (χ2n) is 2.95. The van der Waals surface area contributed by atoms with Crippen molar-refractivity contribution < 1.29 is 4.79 Å². The maximum atomic E-state index is 10.8. The minimum atomic E-state index is 0.426. The van der Waals surface area contributed by atoms with Gasteiger partial charge in [-0.15, -0.1) is 0 Å². The van der Waals surface area contributed by atoms with Gasteiger partial charge in [-0.2, -0.15) is 0 Å². The fourth-order valence-electron chi connectivity index (χ4n) is 1.73. The molecule has 1 saturated carbocycles. The first kappa shape index (κ1) is 5.21. The molecule has 0 aromatic rings. The third kappa shape index (κ3) is 0.640. The number of ketones is 1. The number of carbonyl (C=O) groups excluding carboxylic acids is 1. The Morgan fingerprint density at radius 3 is 3.00 bits per heavy atom. The molecule has 2 aliphatic carbocycles. The van der Waals surface area contributed by atoms with Crippen LogP contribution in [0.5, 0.6) is 0 Å². The molecule has 1 heteroatoms. The molecule has 1 fully saturated rings. The van der Waals surface area contributed by atoms with Gasteiger partial charge in [0.2, 0.25) is 0 Å². The highest BCUT2D eigenvalue weighted by Gasteiger charge is 2.38. The zero-order valence-corrected chi connectivity index (χ0v) is 5.34. The number of allylic oxidation sites excluding steroid dienone is 2. The lowest BCUT2D eigenvalue weighted by atomic mass is 9.68. The zero-order chi connectivity index (χ0) is 6.27. The molecule has 2 aliphatic rings. The smallest absolute Gasteiger partial charge is 0.137 e. The Bertz CT molecular complexity index is 169. The second kappa shape index (κ2) is 1.69. The molecule has 0 heterocycles. The van der Waals surface area contributed by atoms with E-state index in [2.05, 4.69) is 12.2 Å². The normalized spacial score (nSPS) is 39.8. The average Bonchev–Trinajstić information content (AvgIpc) is 1.86. The number of carbonyl (C=O) groups is 1. The van der Waals surface area contributed by atoms with E-state index in [0.29, 0.717) is 17.6 Å². The highest BCUT2D eigenvalue weighted by Crippen LogP contribution is 2.38. The van der Waals surface area contributed by atoms with Crippen molar-refractivity contribution in [1.29, 1.82) is 0 Å². The van der Waals surface area contributed by atoms with E-state index < -0.39 is 0 Å². The van der Waals surface area contributed by atoms with E-state index in [0.717, 1.165) is 19.3 Å². The van der Waals surface area contributed by atoms with Gasteiger partial charge in [-0.3, -0.25) is 4.79 Å². The summed E-state index contributed by atoms with van der Waals surface area (Å²) in [7, 11) is 0. The summed E-state index contributed by atoms with van der Waals surface area (Å²) in [6.07, 6.45) is 7.46. The van der Waals surface area contributed by atoms with Gasteiger partial charge in [-0.05, 0) is 18.8 Å². The molecule has 9 heavy (non-hydrogen) atoms. The SMILES string of the molecule is O=C1C[C@H]2C=CCC[C@@H]12. The number of hydrogen-bond acceptors (Lipinski definition) is 1. The first-order valence-corrected chi connectivity index (χ1v) is 3.57. The van der Waals surface area contributed by atoms with Crippen molar-refractivity contribution in [3.63, 3.8) is 0 Å². The number of hydrogen-bond donors (Lipinski definition) is 0. The highest BCUT2D eigenvalue weighted by molar-refractivity contribution is 5.88. The minimum absolute atomic E-state index is 0.426. The molecule has 0 aliphatic heterocycles. The first-order valence-electron chi connectivity index (χ1n) is 3.57. The molecule has 48 valence electrons. The van der Waals surface area contributed by atoms with Crippen molar-refractivity contribution in [3.05, 3.63) is 12.2 Å². The molecule has 2 rings (SSSR count). The van der Waals surface area contributed by atoms with E-state index >= 15 is 0 Å². The van der Waals surface area contributed by atoms with Gasteiger partial charge in [0.1, 0.15) is 5.78 Å². The van der Waals surface area contributed by atoms with Gasteiger partial charge in [-0.25, -0.2) is 0 Å². The summed E-state index contributed by atoms with van der Waals surface area (Å²) >= 11 is 0. The fourth-order valence-corrected chi connectivity index (χ4v) is 1.73. The topological polar surface area (TPSA) is 17.1 Å². The van der Waals surface area contributed by atoms with Crippen LogP contribution in [0.15, 0.2) is 12.2 Å². The largest absolute Gasteiger partial charge is 0.299 e. The monoisotopic (exact) mass is 122 g/mol. The van der Waals surface area contributed by atoms with Crippen molar-refractivity contribution in [2.45, 2.75) is 19.3 Å². The predicted octanol–water partition coefficient (Wildman–Crippen LogP) is 1.54. The van der Waals surface area contributed by atoms with Crippen molar-refractivity contribution in [3.8, 4) is 0 Å². The lowest BCUT2D eigenvalue weighted by Gasteiger charge is -2.35. The molecule has 0 bridgehead atoms. The molecule has 0 aromatic carbocycles. The van der Waals surface area contributed by atoms with Crippen molar-refractivity contribution in [2.24, 2.45) is 11.8 Å². The maximum Gasteiger partial charge on any atom is 0.137 e. The van der Waals surface area contributed by atoms with Crippen LogP contribution in [0, 0.1) is 11.8 Å². The van der Waals surface area contributed by atoms with E-state index in [1.807, 2.05) is 0 Å². The molecule has 0 saturated heterocycles. The van der Waals surface area contributed by atoms with Crippen LogP contribution in [0.4, 0.5) is 0 Å². The molecule has 0 aromatic heterocycles. The van der Waals surface area contributed by atoms with Crippen LogP contribution in [0.25, 0.3) is 0 Å². The Morgan fingerprint density at radius 1 is 1.56 bits per heavy atom. The highest BCUT2D eigenvalue weighted by atomic mass is 16.1. The zero-order valence-electron chi connectivity index (χ0n) is 5.34. The summed E-state index contributed by atoms with van der Waals surface area (Å²) < 4.78 is 0. The lowest BCUT2D eigenvalue weighted by Crippen LogP contribution is -2.37. The summed E-state index contributed by atoms with van der Waals surface area (Å²) in [5.41, 5.74) is 0. The summed E-state index contributed by atoms with van der Waals surface area (Å²) in [5.74, 6) is 1.55. The van der Waals surface area contributed by atoms with Gasteiger partial charge in [0.15, 0.2) is 0 Å². The quantitative estimate of drug-likeness (QED) is 0.445. The van der Waals surface area contributed by atoms with Crippen LogP contribution >= 0.6 is 0 Å². The Balaban J connectivity index is 2.14. The van der Waals surface area contributed by atoms with E-state index in [-0.39, 0.29) is 0 Å². The molecule has 0 unspecified atom stereocenters. The summed E-state index contributed by atoms with van der Waals surface area (Å²) in [5, 5.41) is 0. The molecule has 1 nitrogen and oxygen atoms in total. The van der Waals surface area contributed by atoms with Gasteiger partial charge in [-0.1, -0.05) is 12.2 Å². The molecule has 0 spiro atoms. The van der Waals surface area contributed by atoms with Crippen LogP contribution in [0.2, 0.25) is 0 Å². The number of fused-ring (bicyclic) bond motifs is 1. The van der Waals surface area contributed by atoms with Crippen LogP contribution in [-0.2, 0) is 4.79 Å². The maximum absolute atomic E-state index is 10.8. The van der Waals surface area contributed by atoms with Crippen molar-refractivity contribution in [2.75, 3.05) is 0 Å². The minimum Gasteiger partial charge on any atom is -0.299 e. The standard InChI is InChI=1S/C8H10O/c9-8-5-6-3-1-2-4-7(6)8/h1,3,6-7H,2,4-5H2/t6-,7-/m1/s1. The fraction of sp³-hybridized carbons (Fsp3) is 0.625. The van der Waals surface area contributed by atoms with Gasteiger partial charge in [0, 0.05) is 12.3 Å². The van der Waals surface area contributed by atoms with Crippen LogP contribution in [0.3, 0.4) is 0 Å². The van der Waals surface area contributed by atoms with Crippen LogP contribution in [0.1, 0.15) is 19.3 Å². The third-order valence-electron chi connectivity index (χ3n) is 2.39. The van der Waals surface area contributed by atoms with Crippen LogP contribution < -0.4 is 0 Å². The van der Waals surface area contributed by atoms with E-state index in [1.165, 1.54) is 0 Å². The van der Waals surface area contributed by atoms with E-state index in [4.69, 9.17) is 0 Å². The van der Waals surface area contributed by atoms with E-state index in [1.54, 1.807) is 0 Å². The Kier molecular flexibility index (Phi) is 0.981. The van der Waals surface area contributed by atoms with Gasteiger partial charge in [0.25, 0.3) is 0 Å². The summed E-state index contributed by atoms with van der Waals surface area (Å²) in [6.45, 7) is 0. The number of rotatable bonds is 0. The Hall–Kier alpha value is -0.590. The van der Waals surface area contributed by atoms with Gasteiger partial charge < -0.3 is 0 Å². The molecule has 0 N–H and O–H groups in total. The van der Waals surface area contributed by atoms with E-state index in [9.17, 15) is 4.79 Å².